The zero-order chi connectivity index (χ0) is 14.4. The summed E-state index contributed by atoms with van der Waals surface area (Å²) >= 11 is 2.02. The fourth-order valence-corrected chi connectivity index (χ4v) is 4.00. The summed E-state index contributed by atoms with van der Waals surface area (Å²) in [5, 5.41) is 4.70. The van der Waals surface area contributed by atoms with Crippen molar-refractivity contribution in [3.8, 4) is 5.75 Å². The summed E-state index contributed by atoms with van der Waals surface area (Å²) < 4.78 is 5.52. The van der Waals surface area contributed by atoms with E-state index in [-0.39, 0.29) is 0 Å². The molecule has 0 radical (unpaired) electrons. The van der Waals surface area contributed by atoms with Crippen LogP contribution < -0.4 is 10.1 Å². The maximum Gasteiger partial charge on any atom is 0.123 e. The van der Waals surface area contributed by atoms with Crippen LogP contribution >= 0.6 is 11.8 Å². The van der Waals surface area contributed by atoms with Crippen molar-refractivity contribution in [2.45, 2.75) is 56.4 Å². The van der Waals surface area contributed by atoms with E-state index in [2.05, 4.69) is 36.7 Å². The molecule has 20 heavy (non-hydrogen) atoms. The number of benzene rings is 1. The summed E-state index contributed by atoms with van der Waals surface area (Å²) in [4.78, 5) is 0. The van der Waals surface area contributed by atoms with Crippen LogP contribution in [0.2, 0.25) is 0 Å². The Morgan fingerprint density at radius 3 is 2.85 bits per heavy atom. The minimum Gasteiger partial charge on any atom is -0.496 e. The number of nitrogens with one attached hydrogen (secondary N) is 1. The number of ether oxygens (including phenoxy) is 1. The van der Waals surface area contributed by atoms with Crippen molar-refractivity contribution < 1.29 is 4.74 Å². The van der Waals surface area contributed by atoms with Gasteiger partial charge in [0.1, 0.15) is 5.75 Å². The number of methoxy groups -OCH3 is 1. The van der Waals surface area contributed by atoms with Gasteiger partial charge in [0, 0.05) is 22.9 Å². The fraction of sp³-hybridized carbons (Fsp3) is 0.647. The van der Waals surface area contributed by atoms with Crippen LogP contribution in [0.5, 0.6) is 5.75 Å². The molecular formula is C17H27NOS. The van der Waals surface area contributed by atoms with Crippen LogP contribution in [0, 0.1) is 0 Å². The lowest BCUT2D eigenvalue weighted by molar-refractivity contribution is 0.331. The van der Waals surface area contributed by atoms with E-state index in [0.717, 1.165) is 17.4 Å². The lowest BCUT2D eigenvalue weighted by Gasteiger charge is -2.32. The summed E-state index contributed by atoms with van der Waals surface area (Å²) in [7, 11) is 1.76. The van der Waals surface area contributed by atoms with Crippen molar-refractivity contribution in [2.24, 2.45) is 0 Å². The van der Waals surface area contributed by atoms with Crippen molar-refractivity contribution in [3.05, 3.63) is 29.8 Å². The molecule has 0 saturated heterocycles. The van der Waals surface area contributed by atoms with Crippen LogP contribution in [0.4, 0.5) is 0 Å². The van der Waals surface area contributed by atoms with E-state index in [4.69, 9.17) is 4.74 Å². The van der Waals surface area contributed by atoms with Gasteiger partial charge in [-0.1, -0.05) is 31.5 Å². The van der Waals surface area contributed by atoms with Crippen LogP contribution in [0.15, 0.2) is 24.3 Å². The third kappa shape index (κ3) is 3.92. The highest BCUT2D eigenvalue weighted by Gasteiger charge is 2.24. The van der Waals surface area contributed by atoms with Gasteiger partial charge in [0.15, 0.2) is 0 Å². The van der Waals surface area contributed by atoms with Crippen molar-refractivity contribution in [1.29, 1.82) is 0 Å². The molecule has 3 heteroatoms. The Morgan fingerprint density at radius 2 is 2.15 bits per heavy atom. The molecule has 1 aromatic rings. The first-order valence-corrected chi connectivity index (χ1v) is 8.99. The second-order valence-electron chi connectivity index (χ2n) is 5.59. The van der Waals surface area contributed by atoms with Crippen LogP contribution in [0.3, 0.4) is 0 Å². The molecule has 112 valence electrons. The maximum atomic E-state index is 5.52. The number of hydrogen-bond donors (Lipinski definition) is 1. The average molecular weight is 293 g/mol. The number of thioether (sulfide) groups is 1. The quantitative estimate of drug-likeness (QED) is 0.839. The average Bonchev–Trinajstić information content (AvgIpc) is 2.52. The van der Waals surface area contributed by atoms with E-state index in [1.807, 2.05) is 17.8 Å². The molecule has 0 amide bonds. The van der Waals surface area contributed by atoms with Gasteiger partial charge in [-0.3, -0.25) is 0 Å². The maximum absolute atomic E-state index is 5.52. The molecule has 1 aliphatic carbocycles. The highest BCUT2D eigenvalue weighted by atomic mass is 32.2. The second kappa shape index (κ2) is 7.94. The Kier molecular flexibility index (Phi) is 6.24. The molecule has 2 nitrogen and oxygen atoms in total. The van der Waals surface area contributed by atoms with E-state index in [1.165, 1.54) is 31.2 Å². The van der Waals surface area contributed by atoms with E-state index in [9.17, 15) is 0 Å². The van der Waals surface area contributed by atoms with Crippen LogP contribution in [0.1, 0.15) is 50.6 Å². The molecule has 0 spiro atoms. The Labute approximate surface area is 127 Å². The van der Waals surface area contributed by atoms with E-state index >= 15 is 0 Å². The molecular weight excluding hydrogens is 266 g/mol. The topological polar surface area (TPSA) is 21.3 Å². The van der Waals surface area contributed by atoms with E-state index < -0.39 is 0 Å². The van der Waals surface area contributed by atoms with Crippen molar-refractivity contribution in [1.82, 2.24) is 5.32 Å². The normalized spacial score (nSPS) is 24.4. The van der Waals surface area contributed by atoms with Crippen molar-refractivity contribution in [3.63, 3.8) is 0 Å². The number of hydrogen-bond acceptors (Lipinski definition) is 3. The Balaban J connectivity index is 2.05. The molecule has 1 aromatic carbocycles. The molecule has 0 heterocycles. The van der Waals surface area contributed by atoms with Crippen LogP contribution in [-0.4, -0.2) is 24.7 Å². The Bertz CT molecular complexity index is 410. The molecule has 1 N–H and O–H groups in total. The molecule has 1 saturated carbocycles. The number of rotatable bonds is 6. The SMILES string of the molecule is CCC(NC1CCCC(SC)C1)c1ccccc1OC. The minimum absolute atomic E-state index is 0.400. The molecule has 0 aromatic heterocycles. The van der Waals surface area contributed by atoms with Crippen molar-refractivity contribution >= 4 is 11.8 Å². The predicted molar refractivity (Wildman–Crippen MR) is 88.7 cm³/mol. The Morgan fingerprint density at radius 1 is 1.35 bits per heavy atom. The zero-order valence-electron chi connectivity index (χ0n) is 12.9. The van der Waals surface area contributed by atoms with Gasteiger partial charge in [0.05, 0.1) is 7.11 Å². The number of para-hydroxylation sites is 1. The van der Waals surface area contributed by atoms with Crippen molar-refractivity contribution in [2.75, 3.05) is 13.4 Å². The standard InChI is InChI=1S/C17H27NOS/c1-4-16(15-10-5-6-11-17(15)19-2)18-13-8-7-9-14(12-13)20-3/h5-6,10-11,13-14,16,18H,4,7-9,12H2,1-3H3. The summed E-state index contributed by atoms with van der Waals surface area (Å²) in [5.41, 5.74) is 1.30. The molecule has 0 aliphatic heterocycles. The minimum atomic E-state index is 0.400. The molecule has 3 unspecified atom stereocenters. The van der Waals surface area contributed by atoms with Gasteiger partial charge in [-0.2, -0.15) is 11.8 Å². The van der Waals surface area contributed by atoms with E-state index in [1.54, 1.807) is 7.11 Å². The first-order valence-electron chi connectivity index (χ1n) is 7.70. The first-order chi connectivity index (χ1) is 9.78. The molecule has 2 rings (SSSR count). The van der Waals surface area contributed by atoms with Gasteiger partial charge in [-0.05, 0) is 38.0 Å². The zero-order valence-corrected chi connectivity index (χ0v) is 13.7. The van der Waals surface area contributed by atoms with Crippen LogP contribution in [-0.2, 0) is 0 Å². The fourth-order valence-electron chi connectivity index (χ4n) is 3.18. The highest BCUT2D eigenvalue weighted by Crippen LogP contribution is 2.31. The summed E-state index contributed by atoms with van der Waals surface area (Å²) in [6, 6.07) is 9.45. The van der Waals surface area contributed by atoms with Gasteiger partial charge in [-0.25, -0.2) is 0 Å². The molecule has 1 fully saturated rings. The van der Waals surface area contributed by atoms with Gasteiger partial charge in [0.25, 0.3) is 0 Å². The van der Waals surface area contributed by atoms with Gasteiger partial charge >= 0.3 is 0 Å². The van der Waals surface area contributed by atoms with Gasteiger partial charge in [0.2, 0.25) is 0 Å². The van der Waals surface area contributed by atoms with E-state index in [0.29, 0.717) is 12.1 Å². The summed E-state index contributed by atoms with van der Waals surface area (Å²) in [6.45, 7) is 2.25. The van der Waals surface area contributed by atoms with Gasteiger partial charge in [-0.15, -0.1) is 0 Å². The van der Waals surface area contributed by atoms with Gasteiger partial charge < -0.3 is 10.1 Å². The third-order valence-electron chi connectivity index (χ3n) is 4.32. The summed E-state index contributed by atoms with van der Waals surface area (Å²) in [6.07, 6.45) is 8.68. The summed E-state index contributed by atoms with van der Waals surface area (Å²) in [5.74, 6) is 1.00. The molecule has 1 aliphatic rings. The smallest absolute Gasteiger partial charge is 0.123 e. The molecule has 0 bridgehead atoms. The lowest BCUT2D eigenvalue weighted by Crippen LogP contribution is -2.37. The first kappa shape index (κ1) is 15.7. The predicted octanol–water partition coefficient (Wildman–Crippen LogP) is 4.41. The lowest BCUT2D eigenvalue weighted by atomic mass is 9.93. The Hall–Kier alpha value is -0.670. The highest BCUT2D eigenvalue weighted by molar-refractivity contribution is 7.99. The molecule has 3 atom stereocenters. The third-order valence-corrected chi connectivity index (χ3v) is 5.41. The largest absolute Gasteiger partial charge is 0.496 e. The second-order valence-corrected chi connectivity index (χ2v) is 6.73. The van der Waals surface area contributed by atoms with Crippen LogP contribution in [0.25, 0.3) is 0 Å². The monoisotopic (exact) mass is 293 g/mol.